The van der Waals surface area contributed by atoms with E-state index in [-0.39, 0.29) is 33.9 Å². The first kappa shape index (κ1) is 17.1. The van der Waals surface area contributed by atoms with Crippen molar-refractivity contribution in [2.75, 3.05) is 6.54 Å². The molecule has 0 unspecified atom stereocenters. The minimum absolute atomic E-state index is 0.00328. The van der Waals surface area contributed by atoms with E-state index in [0.29, 0.717) is 12.1 Å². The van der Waals surface area contributed by atoms with E-state index < -0.39 is 15.9 Å². The van der Waals surface area contributed by atoms with Crippen LogP contribution in [0, 0.1) is 0 Å². The molecule has 1 aliphatic heterocycles. The molecule has 10 heteroatoms. The summed E-state index contributed by atoms with van der Waals surface area (Å²) in [5.41, 5.74) is 6.40. The number of rotatable bonds is 3. The van der Waals surface area contributed by atoms with Crippen LogP contribution in [0.15, 0.2) is 29.3 Å². The van der Waals surface area contributed by atoms with Crippen molar-refractivity contribution in [3.63, 3.8) is 0 Å². The molecule has 1 aromatic carbocycles. The molecule has 0 fully saturated rings. The van der Waals surface area contributed by atoms with E-state index in [4.69, 9.17) is 28.9 Å². The Morgan fingerprint density at radius 1 is 1.29 bits per heavy atom. The summed E-state index contributed by atoms with van der Waals surface area (Å²) >= 11 is 11.9. The average molecular weight is 387 g/mol. The third-order valence-corrected chi connectivity index (χ3v) is 6.20. The number of primary amides is 1. The smallest absolute Gasteiger partial charge is 0.286 e. The van der Waals surface area contributed by atoms with Gasteiger partial charge in [-0.15, -0.1) is 0 Å². The summed E-state index contributed by atoms with van der Waals surface area (Å²) in [4.78, 5) is 19.1. The molecule has 1 aliphatic rings. The first-order chi connectivity index (χ1) is 11.3. The second-order valence-electron chi connectivity index (χ2n) is 5.19. The molecule has 0 bridgehead atoms. The summed E-state index contributed by atoms with van der Waals surface area (Å²) in [5, 5.41) is 0.361. The highest BCUT2D eigenvalue weighted by Crippen LogP contribution is 2.30. The minimum atomic E-state index is -3.85. The summed E-state index contributed by atoms with van der Waals surface area (Å²) in [6.45, 7) is 0.251. The van der Waals surface area contributed by atoms with Crippen molar-refractivity contribution in [1.29, 1.82) is 0 Å². The van der Waals surface area contributed by atoms with Crippen molar-refractivity contribution < 1.29 is 13.2 Å². The number of fused-ring (bicyclic) bond motifs is 1. The molecule has 7 nitrogen and oxygen atoms in total. The van der Waals surface area contributed by atoms with Gasteiger partial charge in [-0.2, -0.15) is 4.31 Å². The lowest BCUT2D eigenvalue weighted by atomic mass is 10.1. The van der Waals surface area contributed by atoms with Gasteiger partial charge in [-0.1, -0.05) is 23.2 Å². The van der Waals surface area contributed by atoms with Crippen molar-refractivity contribution in [3.05, 3.63) is 51.5 Å². The van der Waals surface area contributed by atoms with Gasteiger partial charge in [0, 0.05) is 17.8 Å². The number of sulfonamides is 1. The summed E-state index contributed by atoms with van der Waals surface area (Å²) in [7, 11) is -3.85. The van der Waals surface area contributed by atoms with Crippen molar-refractivity contribution in [2.24, 2.45) is 5.73 Å². The van der Waals surface area contributed by atoms with Crippen LogP contribution < -0.4 is 5.73 Å². The number of aromatic nitrogens is 2. The van der Waals surface area contributed by atoms with E-state index in [1.54, 1.807) is 0 Å². The number of nitrogens with zero attached hydrogens (tertiary/aromatic N) is 3. The lowest BCUT2D eigenvalue weighted by Crippen LogP contribution is -2.37. The average Bonchev–Trinajstić information content (AvgIpc) is 2.55. The Bertz CT molecular complexity index is 934. The zero-order chi connectivity index (χ0) is 17.5. The third-order valence-electron chi connectivity index (χ3n) is 3.64. The van der Waals surface area contributed by atoms with E-state index in [2.05, 4.69) is 9.97 Å². The van der Waals surface area contributed by atoms with Crippen LogP contribution in [-0.2, 0) is 23.0 Å². The fourth-order valence-electron chi connectivity index (χ4n) is 2.42. The monoisotopic (exact) mass is 386 g/mol. The summed E-state index contributed by atoms with van der Waals surface area (Å²) in [5.74, 6) is -0.913. The molecule has 2 heterocycles. The zero-order valence-corrected chi connectivity index (χ0v) is 14.6. The van der Waals surface area contributed by atoms with Crippen LogP contribution >= 0.6 is 23.2 Å². The highest BCUT2D eigenvalue weighted by molar-refractivity contribution is 7.89. The van der Waals surface area contributed by atoms with Crippen LogP contribution in [0.1, 0.15) is 21.9 Å². The highest BCUT2D eigenvalue weighted by atomic mass is 35.5. The molecule has 0 saturated heterocycles. The van der Waals surface area contributed by atoms with E-state index in [0.717, 1.165) is 5.56 Å². The van der Waals surface area contributed by atoms with E-state index in [1.165, 1.54) is 28.7 Å². The lowest BCUT2D eigenvalue weighted by molar-refractivity contribution is 0.0990. The summed E-state index contributed by atoms with van der Waals surface area (Å²) in [6, 6.07) is 4.26. The first-order valence-electron chi connectivity index (χ1n) is 6.89. The lowest BCUT2D eigenvalue weighted by Gasteiger charge is -2.27. The predicted molar refractivity (Wildman–Crippen MR) is 88.3 cm³/mol. The molecule has 0 radical (unpaired) electrons. The fourth-order valence-corrected chi connectivity index (χ4v) is 4.56. The quantitative estimate of drug-likeness (QED) is 0.862. The molecule has 24 heavy (non-hydrogen) atoms. The molecule has 0 spiro atoms. The van der Waals surface area contributed by atoms with Gasteiger partial charge in [-0.05, 0) is 30.2 Å². The number of halogens is 2. The second kappa shape index (κ2) is 6.29. The van der Waals surface area contributed by atoms with Crippen LogP contribution in [0.3, 0.4) is 0 Å². The molecule has 0 atom stereocenters. The number of carbonyl (C=O) groups excluding carboxylic acids is 1. The van der Waals surface area contributed by atoms with Crippen LogP contribution in [0.4, 0.5) is 0 Å². The van der Waals surface area contributed by atoms with E-state index in [9.17, 15) is 13.2 Å². The number of amides is 1. The molecule has 0 saturated carbocycles. The summed E-state index contributed by atoms with van der Waals surface area (Å²) in [6.07, 6.45) is 1.92. The maximum Gasteiger partial charge on any atom is 0.286 e. The van der Waals surface area contributed by atoms with Crippen LogP contribution in [0.5, 0.6) is 0 Å². The Morgan fingerprint density at radius 3 is 2.75 bits per heavy atom. The molecular formula is C14H12Cl2N4O3S. The minimum Gasteiger partial charge on any atom is -0.363 e. The first-order valence-corrected chi connectivity index (χ1v) is 9.08. The fraction of sp³-hybridized carbons (Fsp3) is 0.214. The second-order valence-corrected chi connectivity index (χ2v) is 7.94. The Hall–Kier alpha value is -1.74. The van der Waals surface area contributed by atoms with Crippen LogP contribution in [0.2, 0.25) is 10.0 Å². The maximum atomic E-state index is 12.8. The Balaban J connectivity index is 1.98. The third kappa shape index (κ3) is 3.10. The highest BCUT2D eigenvalue weighted by Gasteiger charge is 2.31. The van der Waals surface area contributed by atoms with E-state index >= 15 is 0 Å². The van der Waals surface area contributed by atoms with Gasteiger partial charge in [0.05, 0.1) is 17.3 Å². The van der Waals surface area contributed by atoms with Gasteiger partial charge in [-0.3, -0.25) is 4.79 Å². The van der Waals surface area contributed by atoms with Gasteiger partial charge in [0.15, 0.2) is 0 Å². The van der Waals surface area contributed by atoms with Crippen molar-refractivity contribution in [1.82, 2.24) is 14.3 Å². The number of nitrogens with two attached hydrogens (primary N) is 1. The topological polar surface area (TPSA) is 106 Å². The Kier molecular flexibility index (Phi) is 4.48. The standard InChI is InChI=1S/C14H12Cl2N4O3S/c15-9-1-2-10(16)12(5-9)24(22,23)20-4-3-8-6-18-14(13(17)21)19-11(8)7-20/h1-2,5-6H,3-4,7H2,(H2,17,21). The number of hydrogen-bond acceptors (Lipinski definition) is 5. The molecule has 2 N–H and O–H groups in total. The molecular weight excluding hydrogens is 375 g/mol. The van der Waals surface area contributed by atoms with Gasteiger partial charge in [0.25, 0.3) is 5.91 Å². The predicted octanol–water partition coefficient (Wildman–Crippen LogP) is 1.63. The SMILES string of the molecule is NC(=O)c1ncc2c(n1)CN(S(=O)(=O)c1cc(Cl)ccc1Cl)CC2. The number of benzene rings is 1. The maximum absolute atomic E-state index is 12.8. The molecule has 3 rings (SSSR count). The normalized spacial score (nSPS) is 15.1. The number of hydrogen-bond donors (Lipinski definition) is 1. The Morgan fingerprint density at radius 2 is 2.04 bits per heavy atom. The summed E-state index contributed by atoms with van der Waals surface area (Å²) < 4.78 is 26.9. The zero-order valence-electron chi connectivity index (χ0n) is 12.2. The van der Waals surface area contributed by atoms with Crippen molar-refractivity contribution >= 4 is 39.1 Å². The van der Waals surface area contributed by atoms with Crippen molar-refractivity contribution in [2.45, 2.75) is 17.9 Å². The molecule has 126 valence electrons. The van der Waals surface area contributed by atoms with E-state index in [1.807, 2.05) is 0 Å². The van der Waals surface area contributed by atoms with Gasteiger partial charge >= 0.3 is 0 Å². The number of carbonyl (C=O) groups is 1. The molecule has 0 aliphatic carbocycles. The van der Waals surface area contributed by atoms with Gasteiger partial charge in [0.2, 0.25) is 15.8 Å². The van der Waals surface area contributed by atoms with Crippen molar-refractivity contribution in [3.8, 4) is 0 Å². The van der Waals surface area contributed by atoms with Crippen LogP contribution in [0.25, 0.3) is 0 Å². The van der Waals surface area contributed by atoms with Gasteiger partial charge in [0.1, 0.15) is 4.90 Å². The Labute approximate surface area is 148 Å². The van der Waals surface area contributed by atoms with Crippen LogP contribution in [-0.4, -0.2) is 35.1 Å². The largest absolute Gasteiger partial charge is 0.363 e. The van der Waals surface area contributed by atoms with Gasteiger partial charge in [-0.25, -0.2) is 18.4 Å². The molecule has 1 amide bonds. The molecule has 1 aromatic heterocycles. The van der Waals surface area contributed by atoms with Gasteiger partial charge < -0.3 is 5.73 Å². The molecule has 2 aromatic rings.